The molecule has 342 valence electrons. The highest BCUT2D eigenvalue weighted by Gasteiger charge is 2.49. The van der Waals surface area contributed by atoms with Gasteiger partial charge in [0.1, 0.15) is 40.8 Å². The number of nitrogens with zero attached hydrogens (tertiary/aromatic N) is 6. The van der Waals surface area contributed by atoms with Crippen LogP contribution in [0.3, 0.4) is 0 Å². The third-order valence-corrected chi connectivity index (χ3v) is 10.0. The maximum Gasteiger partial charge on any atom is 0.410 e. The van der Waals surface area contributed by atoms with Crippen molar-refractivity contribution in [2.24, 2.45) is 0 Å². The second-order valence-electron chi connectivity index (χ2n) is 15.8. The Morgan fingerprint density at radius 1 is 0.794 bits per heavy atom. The number of methoxy groups -OCH3 is 1. The first-order valence-corrected chi connectivity index (χ1v) is 19.8. The Labute approximate surface area is 358 Å². The van der Waals surface area contributed by atoms with Crippen LogP contribution < -0.4 is 20.3 Å². The molecule has 3 aromatic heterocycles. The van der Waals surface area contributed by atoms with E-state index < -0.39 is 60.4 Å². The van der Waals surface area contributed by atoms with E-state index >= 15 is 0 Å². The van der Waals surface area contributed by atoms with Crippen molar-refractivity contribution in [2.45, 2.75) is 76.9 Å². The molecule has 2 aliphatic heterocycles. The molecule has 3 atom stereocenters. The molecule has 0 bridgehead atoms. The molecule has 2 N–H and O–H groups in total. The van der Waals surface area contributed by atoms with E-state index in [0.717, 1.165) is 4.90 Å². The minimum Gasteiger partial charge on any atom is -0.481 e. The number of amides is 2. The number of aromatic amines is 1. The van der Waals surface area contributed by atoms with E-state index in [2.05, 4.69) is 20.3 Å². The van der Waals surface area contributed by atoms with Gasteiger partial charge in [-0.3, -0.25) is 24.3 Å². The third kappa shape index (κ3) is 14.4. The van der Waals surface area contributed by atoms with Crippen molar-refractivity contribution >= 4 is 17.8 Å². The molecule has 0 aliphatic carbocycles. The van der Waals surface area contributed by atoms with Gasteiger partial charge in [-0.05, 0) is 75.2 Å². The van der Waals surface area contributed by atoms with Crippen LogP contribution in [0.25, 0.3) is 0 Å². The summed E-state index contributed by atoms with van der Waals surface area (Å²) in [5.74, 6) is 0.504. The second kappa shape index (κ2) is 20.6. The van der Waals surface area contributed by atoms with Crippen molar-refractivity contribution < 1.29 is 54.5 Å². The molecule has 2 amide bonds. The van der Waals surface area contributed by atoms with Crippen molar-refractivity contribution in [3.05, 3.63) is 107 Å². The van der Waals surface area contributed by atoms with Gasteiger partial charge in [0.05, 0.1) is 19.3 Å². The molecule has 4 aromatic rings. The van der Waals surface area contributed by atoms with Crippen LogP contribution in [0.1, 0.15) is 38.8 Å². The molecular formula is C42H49F7N8O6. The second-order valence-corrected chi connectivity index (χ2v) is 15.8. The van der Waals surface area contributed by atoms with Crippen LogP contribution in [0.2, 0.25) is 0 Å². The SMILES string of the molecule is CC(C(=O)Nc1ccc(Oc2ccc(F)cc2)cn1)N1CCN(Cc2ccc(=O)[nH]c2)[C@@H](C(F)(F)F)C1.COc1ccc(CN2CCN(C(=O)OC(C)(C)C)C[C@@H]2C(F)(F)F)cn1. The van der Waals surface area contributed by atoms with Crippen molar-refractivity contribution in [1.82, 2.24) is 34.6 Å². The number of anilines is 1. The van der Waals surface area contributed by atoms with E-state index in [4.69, 9.17) is 14.2 Å². The van der Waals surface area contributed by atoms with E-state index in [-0.39, 0.29) is 57.2 Å². The number of piperazine rings is 2. The lowest BCUT2D eigenvalue weighted by molar-refractivity contribution is -0.201. The standard InChI is InChI=1S/C25H25F4N5O3.C17H24F3N3O3/c1-16(24(36)32-22-8-7-20(13-30-22)37-19-5-3-18(26)4-6-19)33-10-11-34(21(15-33)25(27,28)29)14-17-2-9-23(35)31-12-17;1-16(2,3)26-15(24)23-8-7-22(13(11-23)17(18,19)20)10-12-5-6-14(25-4)21-9-12/h2-9,12-13,16,21H,10-11,14-15H2,1H3,(H,31,35)(H,30,32,36);5-6,9,13H,7-8,10-11H2,1-4H3/t16?,21-;13-/m11/s1. The first-order valence-electron chi connectivity index (χ1n) is 19.8. The van der Waals surface area contributed by atoms with Crippen LogP contribution in [-0.4, -0.2) is 129 Å². The molecule has 14 nitrogen and oxygen atoms in total. The Bertz CT molecular complexity index is 2150. The first kappa shape index (κ1) is 48.2. The Morgan fingerprint density at radius 3 is 1.97 bits per heavy atom. The van der Waals surface area contributed by atoms with Crippen molar-refractivity contribution in [3.63, 3.8) is 0 Å². The van der Waals surface area contributed by atoms with Crippen molar-refractivity contribution in [2.75, 3.05) is 51.7 Å². The Morgan fingerprint density at radius 2 is 1.41 bits per heavy atom. The van der Waals surface area contributed by atoms with Crippen LogP contribution in [-0.2, 0) is 22.6 Å². The largest absolute Gasteiger partial charge is 0.481 e. The molecule has 6 rings (SSSR count). The number of hydrogen-bond donors (Lipinski definition) is 2. The highest BCUT2D eigenvalue weighted by molar-refractivity contribution is 5.93. The van der Waals surface area contributed by atoms with Crippen LogP contribution >= 0.6 is 0 Å². The summed E-state index contributed by atoms with van der Waals surface area (Å²) < 4.78 is 111. The number of carbonyl (C=O) groups excluding carboxylic acids is 2. The quantitative estimate of drug-likeness (QED) is 0.161. The number of H-pyrrole nitrogens is 1. The minimum atomic E-state index is -4.50. The van der Waals surface area contributed by atoms with E-state index in [1.165, 1.54) is 82.9 Å². The smallest absolute Gasteiger partial charge is 0.410 e. The number of hydrogen-bond acceptors (Lipinski definition) is 11. The van der Waals surface area contributed by atoms with Gasteiger partial charge in [-0.25, -0.2) is 19.2 Å². The highest BCUT2D eigenvalue weighted by Crippen LogP contribution is 2.32. The molecule has 2 aliphatic rings. The number of rotatable bonds is 10. The molecule has 5 heterocycles. The number of carbonyl (C=O) groups is 2. The summed E-state index contributed by atoms with van der Waals surface area (Å²) in [6, 6.07) is 10.2. The highest BCUT2D eigenvalue weighted by atomic mass is 19.4. The van der Waals surface area contributed by atoms with Crippen LogP contribution in [0.5, 0.6) is 17.4 Å². The molecule has 1 unspecified atom stereocenters. The van der Waals surface area contributed by atoms with E-state index in [1.54, 1.807) is 45.9 Å². The summed E-state index contributed by atoms with van der Waals surface area (Å²) in [5.41, 5.74) is 0.124. The van der Waals surface area contributed by atoms with Gasteiger partial charge >= 0.3 is 18.4 Å². The predicted molar refractivity (Wildman–Crippen MR) is 217 cm³/mol. The molecule has 63 heavy (non-hydrogen) atoms. The summed E-state index contributed by atoms with van der Waals surface area (Å²) in [7, 11) is 1.47. The molecule has 21 heteroatoms. The zero-order valence-corrected chi connectivity index (χ0v) is 35.2. The number of benzene rings is 1. The van der Waals surface area contributed by atoms with Gasteiger partial charge in [0.2, 0.25) is 17.3 Å². The molecular weight excluding hydrogens is 845 g/mol. The van der Waals surface area contributed by atoms with Gasteiger partial charge in [0.25, 0.3) is 0 Å². The topological polar surface area (TPSA) is 145 Å². The number of nitrogens with one attached hydrogen (secondary N) is 2. The first-order chi connectivity index (χ1) is 29.6. The predicted octanol–water partition coefficient (Wildman–Crippen LogP) is 6.85. The van der Waals surface area contributed by atoms with E-state index in [0.29, 0.717) is 28.5 Å². The Hall–Kier alpha value is -5.80. The average Bonchev–Trinajstić information content (AvgIpc) is 3.22. The lowest BCUT2D eigenvalue weighted by Crippen LogP contribution is -2.61. The van der Waals surface area contributed by atoms with E-state index in [1.807, 2.05) is 0 Å². The third-order valence-electron chi connectivity index (χ3n) is 10.0. The van der Waals surface area contributed by atoms with Gasteiger partial charge < -0.3 is 29.4 Å². The normalized spacial score (nSPS) is 18.4. The summed E-state index contributed by atoms with van der Waals surface area (Å²) >= 11 is 0. The molecule has 2 fully saturated rings. The minimum absolute atomic E-state index is 0.0195. The number of alkyl halides is 6. The molecule has 0 saturated carbocycles. The van der Waals surface area contributed by atoms with E-state index in [9.17, 15) is 45.1 Å². The molecule has 2 saturated heterocycles. The average molecular weight is 895 g/mol. The van der Waals surface area contributed by atoms with Crippen LogP contribution in [0, 0.1) is 5.82 Å². The van der Waals surface area contributed by atoms with Crippen molar-refractivity contribution in [3.8, 4) is 17.4 Å². The molecule has 1 aromatic carbocycles. The maximum absolute atomic E-state index is 13.9. The number of halogens is 7. The fourth-order valence-electron chi connectivity index (χ4n) is 6.69. The lowest BCUT2D eigenvalue weighted by atomic mass is 10.1. The number of pyridine rings is 3. The van der Waals surface area contributed by atoms with Gasteiger partial charge in [0, 0.05) is 76.9 Å². The zero-order valence-electron chi connectivity index (χ0n) is 35.2. The van der Waals surface area contributed by atoms with Crippen LogP contribution in [0.15, 0.2) is 84.0 Å². The number of aromatic nitrogens is 3. The fraction of sp³-hybridized carbons (Fsp3) is 0.452. The summed E-state index contributed by atoms with van der Waals surface area (Å²) in [5, 5.41) is 2.62. The number of ether oxygens (including phenoxy) is 3. The fourth-order valence-corrected chi connectivity index (χ4v) is 6.69. The van der Waals surface area contributed by atoms with Gasteiger partial charge in [-0.2, -0.15) is 26.3 Å². The maximum atomic E-state index is 13.9. The van der Waals surface area contributed by atoms with Crippen LogP contribution in [0.4, 0.5) is 41.3 Å². The summed E-state index contributed by atoms with van der Waals surface area (Å²) in [6.07, 6.45) is -5.41. The summed E-state index contributed by atoms with van der Waals surface area (Å²) in [6.45, 7) is 6.47. The van der Waals surface area contributed by atoms with Gasteiger partial charge in [-0.1, -0.05) is 12.1 Å². The Kier molecular flexibility index (Phi) is 15.8. The molecule has 0 radical (unpaired) electrons. The monoisotopic (exact) mass is 894 g/mol. The van der Waals surface area contributed by atoms with Gasteiger partial charge in [-0.15, -0.1) is 0 Å². The zero-order chi connectivity index (χ0) is 46.1. The Balaban J connectivity index is 0.000000253. The molecule has 0 spiro atoms. The van der Waals surface area contributed by atoms with Gasteiger partial charge in [0.15, 0.2) is 0 Å². The van der Waals surface area contributed by atoms with Crippen molar-refractivity contribution in [1.29, 1.82) is 0 Å². The summed E-state index contributed by atoms with van der Waals surface area (Å²) in [4.78, 5) is 52.0. The lowest BCUT2D eigenvalue weighted by Gasteiger charge is -2.43.